The van der Waals surface area contributed by atoms with Crippen LogP contribution in [0, 0.1) is 0 Å². The van der Waals surface area contributed by atoms with E-state index in [2.05, 4.69) is 10.3 Å². The Hall–Kier alpha value is -1.39. The highest BCUT2D eigenvalue weighted by Crippen LogP contribution is 2.43. The lowest BCUT2D eigenvalue weighted by atomic mass is 10.2. The molecule has 1 aliphatic rings. The van der Waals surface area contributed by atoms with Gasteiger partial charge in [0.05, 0.1) is 9.88 Å². The summed E-state index contributed by atoms with van der Waals surface area (Å²) in [5.41, 5.74) is 1.04. The zero-order valence-corrected chi connectivity index (χ0v) is 10.4. The zero-order valence-electron chi connectivity index (χ0n) is 9.55. The summed E-state index contributed by atoms with van der Waals surface area (Å²) < 4.78 is 0. The zero-order chi connectivity index (χ0) is 11.8. The number of rotatable bonds is 3. The van der Waals surface area contributed by atoms with Crippen molar-refractivity contribution in [2.75, 3.05) is 7.05 Å². The van der Waals surface area contributed by atoms with Crippen LogP contribution in [0.25, 0.3) is 10.4 Å². The molecule has 2 atom stereocenters. The molecule has 1 aromatic carbocycles. The Balaban J connectivity index is 1.85. The number of thiazole rings is 1. The third kappa shape index (κ3) is 2.06. The fourth-order valence-electron chi connectivity index (χ4n) is 2.04. The number of benzene rings is 1. The van der Waals surface area contributed by atoms with Gasteiger partial charge in [-0.05, 0) is 31.2 Å². The first kappa shape index (κ1) is 10.7. The van der Waals surface area contributed by atoms with Crippen LogP contribution in [-0.4, -0.2) is 23.2 Å². The van der Waals surface area contributed by atoms with E-state index < -0.39 is 0 Å². The Morgan fingerprint density at radius 2 is 2.35 bits per heavy atom. The van der Waals surface area contributed by atoms with Crippen molar-refractivity contribution in [1.29, 1.82) is 0 Å². The molecule has 3 nitrogen and oxygen atoms in total. The molecule has 1 heterocycles. The van der Waals surface area contributed by atoms with Crippen LogP contribution in [0.2, 0.25) is 0 Å². The van der Waals surface area contributed by atoms with Gasteiger partial charge in [-0.1, -0.05) is 12.1 Å². The summed E-state index contributed by atoms with van der Waals surface area (Å²) in [4.78, 5) is 5.60. The maximum Gasteiger partial charge on any atom is 0.116 e. The molecule has 1 aliphatic carbocycles. The number of nitrogens with zero attached hydrogens (tertiary/aromatic N) is 1. The van der Waals surface area contributed by atoms with E-state index in [4.69, 9.17) is 0 Å². The highest BCUT2D eigenvalue weighted by atomic mass is 32.1. The van der Waals surface area contributed by atoms with Crippen molar-refractivity contribution in [3.63, 3.8) is 0 Å². The minimum absolute atomic E-state index is 0.303. The number of phenolic OH excluding ortho intramolecular Hbond substituents is 1. The fourth-order valence-corrected chi connectivity index (χ4v) is 3.13. The molecular formula is C13H14N2OS. The van der Waals surface area contributed by atoms with E-state index in [1.165, 1.54) is 11.4 Å². The molecule has 2 aromatic rings. The number of aromatic nitrogens is 1. The monoisotopic (exact) mass is 246 g/mol. The van der Waals surface area contributed by atoms with Gasteiger partial charge in [-0.25, -0.2) is 4.98 Å². The molecule has 4 heteroatoms. The molecule has 1 saturated carbocycles. The number of hydrogen-bond acceptors (Lipinski definition) is 4. The van der Waals surface area contributed by atoms with Crippen LogP contribution in [0.5, 0.6) is 5.75 Å². The van der Waals surface area contributed by atoms with Gasteiger partial charge < -0.3 is 10.4 Å². The maximum absolute atomic E-state index is 9.46. The standard InChI is InChI=1S/C13H14N2OS/c1-14-11-6-10(11)13-15-7-12(17-13)8-3-2-4-9(16)5-8/h2-5,7,10-11,14,16H,6H2,1H3/t10-,11-/m0/s1. The van der Waals surface area contributed by atoms with Crippen molar-refractivity contribution in [1.82, 2.24) is 10.3 Å². The van der Waals surface area contributed by atoms with Gasteiger partial charge in [-0.3, -0.25) is 0 Å². The van der Waals surface area contributed by atoms with Gasteiger partial charge in [0.1, 0.15) is 5.75 Å². The lowest BCUT2D eigenvalue weighted by Crippen LogP contribution is -2.09. The lowest BCUT2D eigenvalue weighted by molar-refractivity contribution is 0.475. The first-order valence-electron chi connectivity index (χ1n) is 5.70. The summed E-state index contributed by atoms with van der Waals surface area (Å²) in [5, 5.41) is 13.9. The van der Waals surface area contributed by atoms with E-state index >= 15 is 0 Å². The van der Waals surface area contributed by atoms with Crippen LogP contribution < -0.4 is 5.32 Å². The van der Waals surface area contributed by atoms with Crippen LogP contribution in [0.15, 0.2) is 30.5 Å². The second kappa shape index (κ2) is 4.13. The molecule has 1 aromatic heterocycles. The maximum atomic E-state index is 9.46. The number of likely N-dealkylation sites (N-methyl/N-ethyl adjacent to an activating group) is 1. The summed E-state index contributed by atoms with van der Waals surface area (Å²) >= 11 is 1.72. The average molecular weight is 246 g/mol. The van der Waals surface area contributed by atoms with Crippen molar-refractivity contribution < 1.29 is 5.11 Å². The second-order valence-corrected chi connectivity index (χ2v) is 5.41. The molecular weight excluding hydrogens is 232 g/mol. The van der Waals surface area contributed by atoms with E-state index in [1.54, 1.807) is 23.5 Å². The van der Waals surface area contributed by atoms with E-state index in [0.717, 1.165) is 10.4 Å². The van der Waals surface area contributed by atoms with E-state index in [9.17, 15) is 5.11 Å². The average Bonchev–Trinajstić information content (AvgIpc) is 2.97. The van der Waals surface area contributed by atoms with E-state index in [1.807, 2.05) is 25.4 Å². The van der Waals surface area contributed by atoms with E-state index in [-0.39, 0.29) is 0 Å². The lowest BCUT2D eigenvalue weighted by Gasteiger charge is -1.97. The number of hydrogen-bond donors (Lipinski definition) is 2. The van der Waals surface area contributed by atoms with Gasteiger partial charge in [0, 0.05) is 18.2 Å². The Labute approximate surface area is 104 Å². The molecule has 88 valence electrons. The molecule has 0 saturated heterocycles. The topological polar surface area (TPSA) is 45.2 Å². The van der Waals surface area contributed by atoms with Gasteiger partial charge in [-0.2, -0.15) is 0 Å². The van der Waals surface area contributed by atoms with E-state index in [0.29, 0.717) is 17.7 Å². The third-order valence-electron chi connectivity index (χ3n) is 3.13. The fraction of sp³-hybridized carbons (Fsp3) is 0.308. The van der Waals surface area contributed by atoms with Crippen LogP contribution in [0.4, 0.5) is 0 Å². The van der Waals surface area contributed by atoms with Crippen molar-refractivity contribution in [2.45, 2.75) is 18.4 Å². The SMILES string of the molecule is CN[C@H]1C[C@@H]1c1ncc(-c2cccc(O)c2)s1. The molecule has 3 rings (SSSR count). The minimum atomic E-state index is 0.303. The molecule has 0 radical (unpaired) electrons. The predicted molar refractivity (Wildman–Crippen MR) is 69.4 cm³/mol. The smallest absolute Gasteiger partial charge is 0.116 e. The van der Waals surface area contributed by atoms with Crippen molar-refractivity contribution >= 4 is 11.3 Å². The highest BCUT2D eigenvalue weighted by Gasteiger charge is 2.39. The van der Waals surface area contributed by atoms with Crippen LogP contribution in [0.3, 0.4) is 0 Å². The molecule has 0 aliphatic heterocycles. The quantitative estimate of drug-likeness (QED) is 0.875. The number of aromatic hydroxyl groups is 1. The minimum Gasteiger partial charge on any atom is -0.508 e. The van der Waals surface area contributed by atoms with Crippen LogP contribution in [-0.2, 0) is 0 Å². The first-order valence-corrected chi connectivity index (χ1v) is 6.52. The molecule has 17 heavy (non-hydrogen) atoms. The van der Waals surface area contributed by atoms with Crippen LogP contribution >= 0.6 is 11.3 Å². The second-order valence-electron chi connectivity index (χ2n) is 4.35. The Morgan fingerprint density at radius 3 is 3.06 bits per heavy atom. The summed E-state index contributed by atoms with van der Waals surface area (Å²) in [5.74, 6) is 0.882. The normalized spacial score (nSPS) is 22.6. The number of nitrogens with one attached hydrogen (secondary N) is 1. The van der Waals surface area contributed by atoms with Gasteiger partial charge in [-0.15, -0.1) is 11.3 Å². The Morgan fingerprint density at radius 1 is 1.47 bits per heavy atom. The Bertz CT molecular complexity index is 538. The van der Waals surface area contributed by atoms with Gasteiger partial charge in [0.15, 0.2) is 0 Å². The van der Waals surface area contributed by atoms with Gasteiger partial charge in [0.25, 0.3) is 0 Å². The largest absolute Gasteiger partial charge is 0.508 e. The third-order valence-corrected chi connectivity index (χ3v) is 4.31. The number of phenols is 1. The van der Waals surface area contributed by atoms with Crippen molar-refractivity contribution in [3.8, 4) is 16.2 Å². The van der Waals surface area contributed by atoms with Gasteiger partial charge in [0.2, 0.25) is 0 Å². The first-order chi connectivity index (χ1) is 8.28. The van der Waals surface area contributed by atoms with Crippen molar-refractivity contribution in [2.24, 2.45) is 0 Å². The van der Waals surface area contributed by atoms with Gasteiger partial charge >= 0.3 is 0 Å². The molecule has 2 N–H and O–H groups in total. The van der Waals surface area contributed by atoms with Crippen molar-refractivity contribution in [3.05, 3.63) is 35.5 Å². The summed E-state index contributed by atoms with van der Waals surface area (Å²) in [6, 6.07) is 7.92. The van der Waals surface area contributed by atoms with Crippen LogP contribution in [0.1, 0.15) is 17.3 Å². The molecule has 0 amide bonds. The highest BCUT2D eigenvalue weighted by molar-refractivity contribution is 7.15. The predicted octanol–water partition coefficient (Wildman–Crippen LogP) is 2.59. The molecule has 0 bridgehead atoms. The summed E-state index contributed by atoms with van der Waals surface area (Å²) in [6.45, 7) is 0. The molecule has 0 unspecified atom stereocenters. The molecule has 1 fully saturated rings. The summed E-state index contributed by atoms with van der Waals surface area (Å²) in [6.07, 6.45) is 3.09. The summed E-state index contributed by atoms with van der Waals surface area (Å²) in [7, 11) is 1.99. The Kier molecular flexibility index (Phi) is 2.61. The molecule has 0 spiro atoms.